The van der Waals surface area contributed by atoms with Crippen LogP contribution in [0.5, 0.6) is 5.75 Å². The van der Waals surface area contributed by atoms with Gasteiger partial charge in [-0.15, -0.1) is 0 Å². The number of rotatable bonds is 5. The van der Waals surface area contributed by atoms with Gasteiger partial charge in [0.2, 0.25) is 0 Å². The Morgan fingerprint density at radius 1 is 1.28 bits per heavy atom. The van der Waals surface area contributed by atoms with E-state index < -0.39 is 17.6 Å². The van der Waals surface area contributed by atoms with Crippen LogP contribution >= 0.6 is 0 Å². The van der Waals surface area contributed by atoms with Crippen molar-refractivity contribution in [2.45, 2.75) is 26.4 Å². The van der Waals surface area contributed by atoms with E-state index in [1.54, 1.807) is 6.07 Å². The fourth-order valence-electron chi connectivity index (χ4n) is 3.57. The number of methoxy groups -OCH3 is 1. The van der Waals surface area contributed by atoms with Crippen molar-refractivity contribution in [2.24, 2.45) is 0 Å². The normalized spacial score (nSPS) is 12.8. The van der Waals surface area contributed by atoms with Crippen LogP contribution in [0, 0.1) is 12.7 Å². The first-order valence-corrected chi connectivity index (χ1v) is 10.1. The van der Waals surface area contributed by atoms with Gasteiger partial charge in [0.15, 0.2) is 0 Å². The smallest absolute Gasteiger partial charge is 0.312 e. The molecule has 1 aromatic carbocycles. The maximum atomic E-state index is 14.1. The van der Waals surface area contributed by atoms with Gasteiger partial charge in [-0.05, 0) is 37.1 Å². The number of carbonyl (C=O) groups is 2. The Labute approximate surface area is 184 Å². The highest BCUT2D eigenvalue weighted by molar-refractivity contribution is 6.34. The van der Waals surface area contributed by atoms with Crippen LogP contribution in [0.15, 0.2) is 36.4 Å². The summed E-state index contributed by atoms with van der Waals surface area (Å²) in [6.45, 7) is 2.33. The van der Waals surface area contributed by atoms with Crippen molar-refractivity contribution in [2.75, 3.05) is 19.0 Å². The van der Waals surface area contributed by atoms with Gasteiger partial charge in [-0.1, -0.05) is 12.1 Å². The molecule has 0 bridgehead atoms. The van der Waals surface area contributed by atoms with E-state index in [0.717, 1.165) is 17.0 Å². The van der Waals surface area contributed by atoms with Crippen LogP contribution in [0.25, 0.3) is 0 Å². The van der Waals surface area contributed by atoms with Crippen LogP contribution in [0.3, 0.4) is 0 Å². The van der Waals surface area contributed by atoms with Gasteiger partial charge < -0.3 is 20.3 Å². The molecule has 0 saturated heterocycles. The maximum absolute atomic E-state index is 14.1. The number of hydrogen-bond acceptors (Lipinski definition) is 6. The predicted octanol–water partition coefficient (Wildman–Crippen LogP) is 2.21. The summed E-state index contributed by atoms with van der Waals surface area (Å²) in [6, 6.07) is 10.1. The number of H-pyrrole nitrogens is 1. The molecule has 32 heavy (non-hydrogen) atoms. The van der Waals surface area contributed by atoms with E-state index in [9.17, 15) is 14.0 Å². The van der Waals surface area contributed by atoms with Crippen molar-refractivity contribution in [1.29, 1.82) is 0 Å². The Morgan fingerprint density at radius 2 is 2.12 bits per heavy atom. The Balaban J connectivity index is 1.40. The van der Waals surface area contributed by atoms with Crippen LogP contribution < -0.4 is 15.4 Å². The Morgan fingerprint density at radius 3 is 2.88 bits per heavy atom. The lowest BCUT2D eigenvalue weighted by molar-refractivity contribution is -0.146. The molecule has 0 fully saturated rings. The van der Waals surface area contributed by atoms with Crippen molar-refractivity contribution in [3.63, 3.8) is 0 Å². The molecule has 4 rings (SSSR count). The zero-order valence-corrected chi connectivity index (χ0v) is 17.7. The summed E-state index contributed by atoms with van der Waals surface area (Å²) in [5, 5.41) is 12.6. The number of aromatic nitrogens is 3. The number of aryl methyl sites for hydroxylation is 1. The lowest BCUT2D eigenvalue weighted by Crippen LogP contribution is -2.45. The third kappa shape index (κ3) is 4.53. The SMILES string of the molecule is COc1cccc(F)c1CNC(=O)C(=O)N1CCc2ccc(Nc3cc(C)n[nH]3)nc2C1. The largest absolute Gasteiger partial charge is 0.496 e. The van der Waals surface area contributed by atoms with Crippen molar-refractivity contribution < 1.29 is 18.7 Å². The zero-order chi connectivity index (χ0) is 22.7. The number of benzene rings is 1. The molecule has 0 atom stereocenters. The fourth-order valence-corrected chi connectivity index (χ4v) is 3.57. The van der Waals surface area contributed by atoms with Crippen molar-refractivity contribution in [3.05, 3.63) is 64.7 Å². The molecule has 1 aliphatic heterocycles. The molecule has 0 aliphatic carbocycles. The topological polar surface area (TPSA) is 112 Å². The molecule has 9 nitrogen and oxygen atoms in total. The molecule has 2 aromatic heterocycles. The van der Waals surface area contributed by atoms with Crippen LogP contribution in [0.4, 0.5) is 16.0 Å². The Hall–Kier alpha value is -3.95. The summed E-state index contributed by atoms with van der Waals surface area (Å²) in [7, 11) is 1.42. The molecule has 1 aliphatic rings. The zero-order valence-electron chi connectivity index (χ0n) is 17.7. The molecule has 10 heteroatoms. The molecule has 0 saturated carbocycles. The van der Waals surface area contributed by atoms with Crippen molar-refractivity contribution >= 4 is 23.5 Å². The number of pyridine rings is 1. The van der Waals surface area contributed by atoms with E-state index in [2.05, 4.69) is 25.8 Å². The number of hydrogen-bond donors (Lipinski definition) is 3. The second kappa shape index (κ2) is 9.04. The standard InChI is InChI=1S/C22H23FN6O3/c1-13-10-20(28-27-13)26-19-7-6-14-8-9-29(12-17(14)25-19)22(31)21(30)24-11-15-16(23)4-3-5-18(15)32-2/h3-7,10H,8-9,11-12H2,1-2H3,(H,24,30)(H2,25,26,27,28). The summed E-state index contributed by atoms with van der Waals surface area (Å²) in [6.07, 6.45) is 0.589. The average molecular weight is 438 g/mol. The quantitative estimate of drug-likeness (QED) is 0.527. The van der Waals surface area contributed by atoms with E-state index in [1.165, 1.54) is 24.1 Å². The second-order valence-electron chi connectivity index (χ2n) is 7.43. The molecule has 0 radical (unpaired) electrons. The highest BCUT2D eigenvalue weighted by Crippen LogP contribution is 2.22. The fraction of sp³-hybridized carbons (Fsp3) is 0.273. The van der Waals surface area contributed by atoms with Gasteiger partial charge in [-0.25, -0.2) is 9.37 Å². The molecule has 3 N–H and O–H groups in total. The highest BCUT2D eigenvalue weighted by atomic mass is 19.1. The Kier molecular flexibility index (Phi) is 6.02. The van der Waals surface area contributed by atoms with Gasteiger partial charge in [0.1, 0.15) is 23.2 Å². The van der Waals surface area contributed by atoms with Gasteiger partial charge in [-0.3, -0.25) is 14.7 Å². The summed E-state index contributed by atoms with van der Waals surface area (Å²) < 4.78 is 19.2. The van der Waals surface area contributed by atoms with Crippen LogP contribution in [-0.4, -0.2) is 45.6 Å². The van der Waals surface area contributed by atoms with E-state index >= 15 is 0 Å². The molecule has 2 amide bonds. The number of carbonyl (C=O) groups excluding carboxylic acids is 2. The number of fused-ring (bicyclic) bond motifs is 1. The summed E-state index contributed by atoms with van der Waals surface area (Å²) >= 11 is 0. The highest BCUT2D eigenvalue weighted by Gasteiger charge is 2.27. The predicted molar refractivity (Wildman–Crippen MR) is 115 cm³/mol. The molecule has 0 unspecified atom stereocenters. The number of ether oxygens (including phenoxy) is 1. The lowest BCUT2D eigenvalue weighted by atomic mass is 10.0. The number of nitrogens with one attached hydrogen (secondary N) is 3. The number of nitrogens with zero attached hydrogens (tertiary/aromatic N) is 3. The van der Waals surface area contributed by atoms with Gasteiger partial charge in [-0.2, -0.15) is 5.10 Å². The number of halogens is 1. The minimum absolute atomic E-state index is 0.152. The van der Waals surface area contributed by atoms with E-state index in [4.69, 9.17) is 4.74 Å². The van der Waals surface area contributed by atoms with Gasteiger partial charge >= 0.3 is 11.8 Å². The maximum Gasteiger partial charge on any atom is 0.312 e. The summed E-state index contributed by atoms with van der Waals surface area (Å²) in [4.78, 5) is 31.1. The molecular weight excluding hydrogens is 415 g/mol. The average Bonchev–Trinajstić information content (AvgIpc) is 3.21. The number of amides is 2. The minimum atomic E-state index is -0.805. The monoisotopic (exact) mass is 438 g/mol. The van der Waals surface area contributed by atoms with Gasteiger partial charge in [0.25, 0.3) is 0 Å². The second-order valence-corrected chi connectivity index (χ2v) is 7.43. The van der Waals surface area contributed by atoms with Crippen molar-refractivity contribution in [1.82, 2.24) is 25.4 Å². The number of aromatic amines is 1. The van der Waals surface area contributed by atoms with E-state index in [0.29, 0.717) is 30.4 Å². The van der Waals surface area contributed by atoms with Crippen LogP contribution in [-0.2, 0) is 29.1 Å². The van der Waals surface area contributed by atoms with E-state index in [-0.39, 0.29) is 18.7 Å². The Bertz CT molecular complexity index is 1160. The van der Waals surface area contributed by atoms with Crippen LogP contribution in [0.2, 0.25) is 0 Å². The number of anilines is 2. The first kappa shape index (κ1) is 21.3. The third-order valence-corrected chi connectivity index (χ3v) is 5.23. The van der Waals surface area contributed by atoms with Gasteiger partial charge in [0.05, 0.1) is 25.0 Å². The third-order valence-electron chi connectivity index (χ3n) is 5.23. The lowest BCUT2D eigenvalue weighted by Gasteiger charge is -2.28. The molecule has 3 heterocycles. The van der Waals surface area contributed by atoms with Gasteiger partial charge in [0, 0.05) is 24.7 Å². The van der Waals surface area contributed by atoms with Crippen LogP contribution in [0.1, 0.15) is 22.5 Å². The summed E-state index contributed by atoms with van der Waals surface area (Å²) in [5.74, 6) is -0.377. The molecular formula is C22H23FN6O3. The molecule has 166 valence electrons. The molecule has 0 spiro atoms. The molecule has 3 aromatic rings. The first-order valence-electron chi connectivity index (χ1n) is 10.1. The van der Waals surface area contributed by atoms with E-state index in [1.807, 2.05) is 25.1 Å². The summed E-state index contributed by atoms with van der Waals surface area (Å²) in [5.41, 5.74) is 2.78. The minimum Gasteiger partial charge on any atom is -0.496 e. The van der Waals surface area contributed by atoms with Crippen molar-refractivity contribution in [3.8, 4) is 5.75 Å². The first-order chi connectivity index (χ1) is 15.4.